The highest BCUT2D eigenvalue weighted by atomic mass is 16.4. The zero-order valence-electron chi connectivity index (χ0n) is 13.1. The molecule has 1 saturated heterocycles. The predicted octanol–water partition coefficient (Wildman–Crippen LogP) is 1.42. The summed E-state index contributed by atoms with van der Waals surface area (Å²) in [7, 11) is 0. The monoisotopic (exact) mass is 302 g/mol. The van der Waals surface area contributed by atoms with Crippen LogP contribution < -0.4 is 10.5 Å². The second kappa shape index (κ2) is 6.63. The van der Waals surface area contributed by atoms with Gasteiger partial charge in [-0.2, -0.15) is 0 Å². The van der Waals surface area contributed by atoms with Crippen molar-refractivity contribution in [3.05, 3.63) is 45.8 Å². The van der Waals surface area contributed by atoms with E-state index in [1.54, 1.807) is 6.07 Å². The van der Waals surface area contributed by atoms with Crippen molar-refractivity contribution in [2.45, 2.75) is 45.2 Å². The van der Waals surface area contributed by atoms with Gasteiger partial charge in [0.05, 0.1) is 12.6 Å². The molecule has 2 N–H and O–H groups in total. The average Bonchev–Trinajstić information content (AvgIpc) is 2.49. The molecule has 1 aliphatic rings. The highest BCUT2D eigenvalue weighted by Gasteiger charge is 2.26. The van der Waals surface area contributed by atoms with Gasteiger partial charge in [-0.3, -0.25) is 0 Å². The summed E-state index contributed by atoms with van der Waals surface area (Å²) in [5.41, 5.74) is 2.56. The van der Waals surface area contributed by atoms with Crippen molar-refractivity contribution in [2.24, 2.45) is 0 Å². The van der Waals surface area contributed by atoms with Crippen LogP contribution in [0.15, 0.2) is 33.5 Å². The summed E-state index contributed by atoms with van der Waals surface area (Å²) in [5.74, 6) is 0. The summed E-state index contributed by atoms with van der Waals surface area (Å²) in [6.45, 7) is 4.18. The minimum absolute atomic E-state index is 0.241. The largest absolute Gasteiger partial charge is 0.423 e. The number of aliphatic hydroxyl groups excluding tert-OH is 1. The number of hydrogen-bond acceptors (Lipinski definition) is 3. The van der Waals surface area contributed by atoms with Gasteiger partial charge in [0.2, 0.25) is 0 Å². The Morgan fingerprint density at radius 2 is 2.18 bits per heavy atom. The number of fused-ring (bicyclic) bond motifs is 1. The molecule has 0 spiro atoms. The SMILES string of the molecule is Cc1ccc2c(C[NH+]3CCCC[C@H]3CCO)cc(=O)oc2c1. The number of nitrogens with one attached hydrogen (secondary N) is 1. The first kappa shape index (κ1) is 15.3. The Labute approximate surface area is 130 Å². The lowest BCUT2D eigenvalue weighted by molar-refractivity contribution is -0.944. The molecule has 2 aromatic rings. The fraction of sp³-hybridized carbons (Fsp3) is 0.500. The highest BCUT2D eigenvalue weighted by molar-refractivity contribution is 5.80. The number of hydrogen-bond donors (Lipinski definition) is 2. The second-order valence-electron chi connectivity index (χ2n) is 6.38. The van der Waals surface area contributed by atoms with Crippen LogP contribution in [0.1, 0.15) is 36.8 Å². The van der Waals surface area contributed by atoms with Crippen LogP contribution in [0, 0.1) is 6.92 Å². The molecule has 4 nitrogen and oxygen atoms in total. The molecule has 1 unspecified atom stereocenters. The molecule has 3 rings (SSSR count). The molecule has 22 heavy (non-hydrogen) atoms. The van der Waals surface area contributed by atoms with Crippen molar-refractivity contribution < 1.29 is 14.4 Å². The summed E-state index contributed by atoms with van der Waals surface area (Å²) >= 11 is 0. The van der Waals surface area contributed by atoms with E-state index in [1.807, 2.05) is 19.1 Å². The maximum atomic E-state index is 11.8. The van der Waals surface area contributed by atoms with Gasteiger partial charge in [0, 0.05) is 30.0 Å². The molecule has 2 atom stereocenters. The molecule has 1 fully saturated rings. The van der Waals surface area contributed by atoms with Crippen molar-refractivity contribution in [1.29, 1.82) is 0 Å². The van der Waals surface area contributed by atoms with Crippen LogP contribution in [-0.4, -0.2) is 24.3 Å². The number of likely N-dealkylation sites (tertiary alicyclic amines) is 1. The molecule has 0 amide bonds. The smallest absolute Gasteiger partial charge is 0.336 e. The van der Waals surface area contributed by atoms with Gasteiger partial charge >= 0.3 is 5.63 Å². The zero-order valence-corrected chi connectivity index (χ0v) is 13.1. The van der Waals surface area contributed by atoms with Gasteiger partial charge in [-0.05, 0) is 37.8 Å². The fourth-order valence-corrected chi connectivity index (χ4v) is 3.62. The number of aliphatic hydroxyl groups is 1. The Hall–Kier alpha value is -1.65. The van der Waals surface area contributed by atoms with Crippen molar-refractivity contribution in [3.63, 3.8) is 0 Å². The van der Waals surface area contributed by atoms with Crippen LogP contribution >= 0.6 is 0 Å². The van der Waals surface area contributed by atoms with E-state index in [1.165, 1.54) is 17.7 Å². The van der Waals surface area contributed by atoms with Gasteiger partial charge in [-0.25, -0.2) is 4.79 Å². The Morgan fingerprint density at radius 1 is 1.32 bits per heavy atom. The zero-order chi connectivity index (χ0) is 15.5. The first-order valence-electron chi connectivity index (χ1n) is 8.16. The van der Waals surface area contributed by atoms with Crippen LogP contribution in [0.5, 0.6) is 0 Å². The average molecular weight is 302 g/mol. The van der Waals surface area contributed by atoms with Gasteiger partial charge in [-0.1, -0.05) is 12.1 Å². The molecule has 4 heteroatoms. The lowest BCUT2D eigenvalue weighted by Gasteiger charge is -2.32. The quantitative estimate of drug-likeness (QED) is 0.840. The number of aryl methyl sites for hydroxylation is 1. The summed E-state index contributed by atoms with van der Waals surface area (Å²) in [6, 6.07) is 8.16. The van der Waals surface area contributed by atoms with Gasteiger partial charge in [0.1, 0.15) is 12.1 Å². The van der Waals surface area contributed by atoms with Crippen molar-refractivity contribution in [1.82, 2.24) is 0 Å². The van der Waals surface area contributed by atoms with Crippen LogP contribution in [0.4, 0.5) is 0 Å². The summed E-state index contributed by atoms with van der Waals surface area (Å²) in [6.07, 6.45) is 4.46. The second-order valence-corrected chi connectivity index (χ2v) is 6.38. The number of rotatable bonds is 4. The van der Waals surface area contributed by atoms with Gasteiger partial charge in [-0.15, -0.1) is 0 Å². The molecule has 0 bridgehead atoms. The maximum absolute atomic E-state index is 11.8. The molecule has 1 aliphatic heterocycles. The van der Waals surface area contributed by atoms with E-state index < -0.39 is 0 Å². The first-order valence-corrected chi connectivity index (χ1v) is 8.16. The topological polar surface area (TPSA) is 54.9 Å². The van der Waals surface area contributed by atoms with Crippen molar-refractivity contribution in [3.8, 4) is 0 Å². The van der Waals surface area contributed by atoms with Crippen LogP contribution in [-0.2, 0) is 6.54 Å². The van der Waals surface area contributed by atoms with E-state index in [0.29, 0.717) is 11.6 Å². The Bertz CT molecular complexity index is 705. The summed E-state index contributed by atoms with van der Waals surface area (Å²) in [4.78, 5) is 13.3. The van der Waals surface area contributed by atoms with E-state index in [4.69, 9.17) is 4.42 Å². The van der Waals surface area contributed by atoms with E-state index >= 15 is 0 Å². The molecule has 0 aliphatic carbocycles. The number of piperidine rings is 1. The van der Waals surface area contributed by atoms with Crippen LogP contribution in [0.2, 0.25) is 0 Å². The lowest BCUT2D eigenvalue weighted by atomic mass is 9.98. The first-order chi connectivity index (χ1) is 10.7. The van der Waals surface area contributed by atoms with Crippen molar-refractivity contribution >= 4 is 11.0 Å². The molecule has 118 valence electrons. The summed E-state index contributed by atoms with van der Waals surface area (Å²) < 4.78 is 5.34. The fourth-order valence-electron chi connectivity index (χ4n) is 3.62. The van der Waals surface area contributed by atoms with E-state index in [2.05, 4.69) is 6.07 Å². The highest BCUT2D eigenvalue weighted by Crippen LogP contribution is 2.18. The Kier molecular flexibility index (Phi) is 4.60. The normalized spacial score (nSPS) is 22.1. The van der Waals surface area contributed by atoms with Gasteiger partial charge < -0.3 is 14.4 Å². The minimum Gasteiger partial charge on any atom is -0.423 e. The molecule has 0 radical (unpaired) electrons. The lowest BCUT2D eigenvalue weighted by Crippen LogP contribution is -3.15. The Balaban J connectivity index is 1.93. The maximum Gasteiger partial charge on any atom is 0.336 e. The van der Waals surface area contributed by atoms with E-state index in [-0.39, 0.29) is 12.2 Å². The molecular formula is C18H24NO3+. The van der Waals surface area contributed by atoms with E-state index in [9.17, 15) is 9.90 Å². The molecule has 1 aromatic heterocycles. The Morgan fingerprint density at radius 3 is 3.00 bits per heavy atom. The summed E-state index contributed by atoms with van der Waals surface area (Å²) in [5, 5.41) is 10.3. The number of quaternary nitrogens is 1. The van der Waals surface area contributed by atoms with Gasteiger partial charge in [0.25, 0.3) is 0 Å². The molecule has 1 aromatic carbocycles. The molecule has 2 heterocycles. The van der Waals surface area contributed by atoms with Crippen LogP contribution in [0.25, 0.3) is 11.0 Å². The molecule has 0 saturated carbocycles. The third-order valence-electron chi connectivity index (χ3n) is 4.76. The third kappa shape index (κ3) is 3.23. The van der Waals surface area contributed by atoms with Crippen molar-refractivity contribution in [2.75, 3.05) is 13.2 Å². The van der Waals surface area contributed by atoms with Crippen LogP contribution in [0.3, 0.4) is 0 Å². The predicted molar refractivity (Wildman–Crippen MR) is 86.1 cm³/mol. The molecular weight excluding hydrogens is 278 g/mol. The third-order valence-corrected chi connectivity index (χ3v) is 4.76. The number of benzene rings is 1. The van der Waals surface area contributed by atoms with Gasteiger partial charge in [0.15, 0.2) is 0 Å². The van der Waals surface area contributed by atoms with E-state index in [0.717, 1.165) is 42.4 Å². The standard InChI is InChI=1S/C18H23NO3/c1-13-5-6-16-14(11-18(21)22-17(16)10-13)12-19-8-3-2-4-15(19)7-9-20/h5-6,10-11,15,20H,2-4,7-9,12H2,1H3/p+1/t15-/m0/s1. The minimum atomic E-state index is -0.275.